The zero-order chi connectivity index (χ0) is 11.7. The molecule has 86 valence electrons. The van der Waals surface area contributed by atoms with Crippen molar-refractivity contribution in [1.29, 1.82) is 0 Å². The Bertz CT molecular complexity index is 280. The molecule has 3 N–H and O–H groups in total. The Kier molecular flexibility index (Phi) is 3.23. The van der Waals surface area contributed by atoms with Gasteiger partial charge in [0.2, 0.25) is 0 Å². The zero-order valence-electron chi connectivity index (χ0n) is 9.42. The van der Waals surface area contributed by atoms with Crippen LogP contribution in [0.5, 0.6) is 0 Å². The van der Waals surface area contributed by atoms with Crippen LogP contribution in [0.2, 0.25) is 0 Å². The maximum Gasteiger partial charge on any atom is 0.408 e. The van der Waals surface area contributed by atoms with E-state index < -0.39 is 17.2 Å². The molecule has 1 amide bonds. The molecular weight excluding hydrogens is 212 g/mol. The van der Waals surface area contributed by atoms with Gasteiger partial charge in [-0.15, -0.1) is 0 Å². The third kappa shape index (κ3) is 3.06. The van der Waals surface area contributed by atoms with Gasteiger partial charge in [-0.3, -0.25) is 0 Å². The Balaban J connectivity index is 2.54. The molecule has 1 fully saturated rings. The molecule has 0 heterocycles. The molecule has 0 aromatic carbocycles. The molecule has 15 heavy (non-hydrogen) atoms. The van der Waals surface area contributed by atoms with Crippen LogP contribution in [0.1, 0.15) is 40.0 Å². The number of carbonyl (C=O) groups is 1. The van der Waals surface area contributed by atoms with E-state index in [9.17, 15) is 4.79 Å². The highest BCUT2D eigenvalue weighted by molar-refractivity contribution is 7.80. The number of thiocarbonyl (C=S) groups is 1. The van der Waals surface area contributed by atoms with Gasteiger partial charge in [0.1, 0.15) is 5.60 Å². The molecule has 1 aliphatic rings. The Labute approximate surface area is 95.5 Å². The van der Waals surface area contributed by atoms with E-state index in [-0.39, 0.29) is 0 Å². The van der Waals surface area contributed by atoms with Crippen molar-refractivity contribution >= 4 is 23.3 Å². The molecule has 0 atom stereocenters. The number of carbonyl (C=O) groups excluding carboxylic acids is 1. The fourth-order valence-electron chi connectivity index (χ4n) is 1.46. The smallest absolute Gasteiger partial charge is 0.408 e. The van der Waals surface area contributed by atoms with Crippen LogP contribution in [0, 0.1) is 0 Å². The third-order valence-electron chi connectivity index (χ3n) is 2.42. The van der Waals surface area contributed by atoms with Crippen molar-refractivity contribution in [2.75, 3.05) is 0 Å². The molecule has 0 unspecified atom stereocenters. The molecule has 1 saturated carbocycles. The molecule has 4 nitrogen and oxygen atoms in total. The summed E-state index contributed by atoms with van der Waals surface area (Å²) in [6.45, 7) is 5.46. The lowest BCUT2D eigenvalue weighted by Crippen LogP contribution is -2.61. The molecule has 0 aromatic rings. The van der Waals surface area contributed by atoms with E-state index in [0.29, 0.717) is 4.99 Å². The van der Waals surface area contributed by atoms with E-state index in [2.05, 4.69) is 5.32 Å². The molecule has 0 spiro atoms. The van der Waals surface area contributed by atoms with Crippen molar-refractivity contribution in [3.8, 4) is 0 Å². The predicted octanol–water partition coefficient (Wildman–Crippen LogP) is 1.72. The topological polar surface area (TPSA) is 64.3 Å². The summed E-state index contributed by atoms with van der Waals surface area (Å²) < 4.78 is 5.15. The second kappa shape index (κ2) is 3.96. The number of nitrogens with two attached hydrogens (primary N) is 1. The van der Waals surface area contributed by atoms with Gasteiger partial charge in [-0.05, 0) is 40.0 Å². The molecule has 0 saturated heterocycles. The van der Waals surface area contributed by atoms with E-state index in [1.807, 2.05) is 20.8 Å². The summed E-state index contributed by atoms with van der Waals surface area (Å²) in [5.74, 6) is 0. The monoisotopic (exact) mass is 230 g/mol. The summed E-state index contributed by atoms with van der Waals surface area (Å²) >= 11 is 4.95. The van der Waals surface area contributed by atoms with Gasteiger partial charge >= 0.3 is 6.09 Å². The van der Waals surface area contributed by atoms with Crippen molar-refractivity contribution in [2.45, 2.75) is 51.2 Å². The Morgan fingerprint density at radius 2 is 2.00 bits per heavy atom. The van der Waals surface area contributed by atoms with Crippen molar-refractivity contribution in [2.24, 2.45) is 5.73 Å². The van der Waals surface area contributed by atoms with E-state index in [1.54, 1.807) is 0 Å². The normalized spacial score (nSPS) is 18.9. The first kappa shape index (κ1) is 12.2. The van der Waals surface area contributed by atoms with Gasteiger partial charge in [-0.1, -0.05) is 12.2 Å². The number of hydrogen-bond acceptors (Lipinski definition) is 3. The summed E-state index contributed by atoms with van der Waals surface area (Å²) in [4.78, 5) is 11.9. The molecule has 1 rings (SSSR count). The summed E-state index contributed by atoms with van der Waals surface area (Å²) in [5, 5.41) is 2.76. The number of amides is 1. The maximum absolute atomic E-state index is 11.5. The van der Waals surface area contributed by atoms with Gasteiger partial charge in [0, 0.05) is 0 Å². The van der Waals surface area contributed by atoms with Gasteiger partial charge in [-0.25, -0.2) is 4.79 Å². The lowest BCUT2D eigenvalue weighted by Gasteiger charge is -2.41. The van der Waals surface area contributed by atoms with E-state index in [1.165, 1.54) is 0 Å². The lowest BCUT2D eigenvalue weighted by molar-refractivity contribution is 0.0447. The first-order valence-corrected chi connectivity index (χ1v) is 5.47. The quantitative estimate of drug-likeness (QED) is 0.709. The molecule has 1 aliphatic carbocycles. The van der Waals surface area contributed by atoms with Gasteiger partial charge in [0.15, 0.2) is 0 Å². The second-order valence-corrected chi connectivity index (χ2v) is 5.37. The summed E-state index contributed by atoms with van der Waals surface area (Å²) in [6, 6.07) is 0. The SMILES string of the molecule is CC(C)(C)OC(=O)NC1(C(N)=S)CCC1. The molecule has 0 aromatic heterocycles. The van der Waals surface area contributed by atoms with Crippen LogP contribution in [0.4, 0.5) is 4.79 Å². The van der Waals surface area contributed by atoms with Gasteiger partial charge in [-0.2, -0.15) is 0 Å². The first-order chi connectivity index (χ1) is 6.75. The highest BCUT2D eigenvalue weighted by Gasteiger charge is 2.42. The minimum atomic E-state index is -0.502. The van der Waals surface area contributed by atoms with Crippen molar-refractivity contribution in [3.63, 3.8) is 0 Å². The number of hydrogen-bond donors (Lipinski definition) is 2. The molecular formula is C10H18N2O2S. The molecule has 5 heteroatoms. The van der Waals surface area contributed by atoms with Crippen LogP contribution >= 0.6 is 12.2 Å². The molecule has 0 bridgehead atoms. The number of nitrogens with one attached hydrogen (secondary N) is 1. The minimum absolute atomic E-state index is 0.347. The van der Waals surface area contributed by atoms with Crippen LogP contribution < -0.4 is 11.1 Å². The third-order valence-corrected chi connectivity index (χ3v) is 2.81. The summed E-state index contributed by atoms with van der Waals surface area (Å²) in [6.07, 6.45) is 2.20. The van der Waals surface area contributed by atoms with E-state index >= 15 is 0 Å². The highest BCUT2D eigenvalue weighted by atomic mass is 32.1. The van der Waals surface area contributed by atoms with Crippen LogP contribution in [-0.2, 0) is 4.74 Å². The van der Waals surface area contributed by atoms with Crippen LogP contribution in [-0.4, -0.2) is 22.2 Å². The maximum atomic E-state index is 11.5. The van der Waals surface area contributed by atoms with E-state index in [4.69, 9.17) is 22.7 Å². The Morgan fingerprint density at radius 3 is 2.27 bits per heavy atom. The van der Waals surface area contributed by atoms with Crippen LogP contribution in [0.25, 0.3) is 0 Å². The van der Waals surface area contributed by atoms with Crippen molar-refractivity contribution in [3.05, 3.63) is 0 Å². The van der Waals surface area contributed by atoms with Crippen molar-refractivity contribution < 1.29 is 9.53 Å². The van der Waals surface area contributed by atoms with Gasteiger partial charge in [0.05, 0.1) is 10.5 Å². The van der Waals surface area contributed by atoms with Gasteiger partial charge in [0.25, 0.3) is 0 Å². The first-order valence-electron chi connectivity index (χ1n) is 5.06. The fourth-order valence-corrected chi connectivity index (χ4v) is 1.72. The lowest BCUT2D eigenvalue weighted by atomic mass is 9.77. The van der Waals surface area contributed by atoms with E-state index in [0.717, 1.165) is 19.3 Å². The fraction of sp³-hybridized carbons (Fsp3) is 0.800. The van der Waals surface area contributed by atoms with Crippen molar-refractivity contribution in [1.82, 2.24) is 5.32 Å². The van der Waals surface area contributed by atoms with Crippen LogP contribution in [0.3, 0.4) is 0 Å². The number of alkyl carbamates (subject to hydrolysis) is 1. The average Bonchev–Trinajstić information content (AvgIpc) is 1.92. The summed E-state index contributed by atoms with van der Waals surface area (Å²) in [5.41, 5.74) is 4.61. The second-order valence-electron chi connectivity index (χ2n) is 4.93. The molecule has 0 radical (unpaired) electrons. The largest absolute Gasteiger partial charge is 0.444 e. The average molecular weight is 230 g/mol. The number of rotatable bonds is 2. The number of ether oxygens (including phenoxy) is 1. The Morgan fingerprint density at radius 1 is 1.47 bits per heavy atom. The summed E-state index contributed by atoms with van der Waals surface area (Å²) in [7, 11) is 0. The van der Waals surface area contributed by atoms with Crippen LogP contribution in [0.15, 0.2) is 0 Å². The Hall–Kier alpha value is -0.840. The predicted molar refractivity (Wildman–Crippen MR) is 62.7 cm³/mol. The standard InChI is InChI=1S/C10H18N2O2S/c1-9(2,3)14-8(13)12-10(7(11)15)5-4-6-10/h4-6H2,1-3H3,(H2,11,15)(H,12,13). The van der Waals surface area contributed by atoms with Gasteiger partial charge < -0.3 is 15.8 Å². The minimum Gasteiger partial charge on any atom is -0.444 e. The zero-order valence-corrected chi connectivity index (χ0v) is 10.2. The highest BCUT2D eigenvalue weighted by Crippen LogP contribution is 2.32. The molecule has 0 aliphatic heterocycles.